The van der Waals surface area contributed by atoms with Crippen molar-refractivity contribution in [3.8, 4) is 16.9 Å². The summed E-state index contributed by atoms with van der Waals surface area (Å²) in [5.74, 6) is -0.317. The average Bonchev–Trinajstić information content (AvgIpc) is 3.30. The van der Waals surface area contributed by atoms with Crippen molar-refractivity contribution >= 4 is 15.5 Å². The lowest BCUT2D eigenvalue weighted by Crippen LogP contribution is -2.08. The van der Waals surface area contributed by atoms with Gasteiger partial charge in [0.25, 0.3) is 0 Å². The van der Waals surface area contributed by atoms with Crippen molar-refractivity contribution < 1.29 is 27.0 Å². The molecule has 0 saturated heterocycles. The third-order valence-electron chi connectivity index (χ3n) is 5.91. The van der Waals surface area contributed by atoms with Gasteiger partial charge in [-0.25, -0.2) is 13.4 Å². The number of sulfone groups is 1. The zero-order valence-electron chi connectivity index (χ0n) is 17.5. The van der Waals surface area contributed by atoms with Gasteiger partial charge in [-0.15, -0.1) is 0 Å². The van der Waals surface area contributed by atoms with E-state index < -0.39 is 22.6 Å². The van der Waals surface area contributed by atoms with Crippen LogP contribution in [0.25, 0.3) is 16.8 Å². The first-order chi connectivity index (χ1) is 15.7. The van der Waals surface area contributed by atoms with Crippen molar-refractivity contribution in [1.82, 2.24) is 9.38 Å². The number of aliphatic hydroxyl groups excluding tert-OH is 1. The van der Waals surface area contributed by atoms with E-state index in [0.29, 0.717) is 23.3 Å². The van der Waals surface area contributed by atoms with Crippen LogP contribution in [0.5, 0.6) is 5.75 Å². The Kier molecular flexibility index (Phi) is 5.18. The van der Waals surface area contributed by atoms with Crippen molar-refractivity contribution in [2.24, 2.45) is 0 Å². The highest BCUT2D eigenvalue weighted by molar-refractivity contribution is 7.90. The molecule has 1 N–H and O–H groups in total. The van der Waals surface area contributed by atoms with E-state index in [1.54, 1.807) is 42.5 Å². The summed E-state index contributed by atoms with van der Waals surface area (Å²) in [6, 6.07) is 16.8. The molecule has 2 atom stereocenters. The van der Waals surface area contributed by atoms with Crippen LogP contribution in [0.3, 0.4) is 0 Å². The lowest BCUT2D eigenvalue weighted by molar-refractivity contribution is -0.0506. The molecule has 33 heavy (non-hydrogen) atoms. The SMILES string of the molecule is CS(=O)(=O)c1ccc(-c2ccc3nc4c(n3c2)[C@H](c2ccccc2OC(F)F)C[C@@H]4O)cc1. The van der Waals surface area contributed by atoms with Crippen LogP contribution in [-0.4, -0.2) is 35.8 Å². The molecule has 2 aromatic heterocycles. The van der Waals surface area contributed by atoms with E-state index in [4.69, 9.17) is 4.74 Å². The van der Waals surface area contributed by atoms with Crippen LogP contribution < -0.4 is 4.74 Å². The van der Waals surface area contributed by atoms with Gasteiger partial charge in [-0.3, -0.25) is 0 Å². The minimum Gasteiger partial charge on any atom is -0.435 e. The van der Waals surface area contributed by atoms with Crippen molar-refractivity contribution in [1.29, 1.82) is 0 Å². The summed E-state index contributed by atoms with van der Waals surface area (Å²) >= 11 is 0. The third kappa shape index (κ3) is 3.87. The zero-order valence-corrected chi connectivity index (χ0v) is 18.3. The Hall–Kier alpha value is -3.30. The van der Waals surface area contributed by atoms with Gasteiger partial charge in [0.2, 0.25) is 0 Å². The minimum atomic E-state index is -3.30. The molecular weight excluding hydrogens is 450 g/mol. The van der Waals surface area contributed by atoms with Crippen LogP contribution in [0.4, 0.5) is 8.78 Å². The number of benzene rings is 2. The second kappa shape index (κ2) is 7.93. The molecule has 1 aliphatic rings. The van der Waals surface area contributed by atoms with Gasteiger partial charge in [-0.1, -0.05) is 30.3 Å². The minimum absolute atomic E-state index is 0.0695. The Bertz CT molecular complexity index is 1450. The average molecular weight is 470 g/mol. The number of para-hydroxylation sites is 1. The number of nitrogens with zero attached hydrogens (tertiary/aromatic N) is 2. The van der Waals surface area contributed by atoms with E-state index in [2.05, 4.69) is 4.98 Å². The Morgan fingerprint density at radius 1 is 1.06 bits per heavy atom. The van der Waals surface area contributed by atoms with Gasteiger partial charge >= 0.3 is 6.61 Å². The predicted octanol–water partition coefficient (Wildman–Crippen LogP) is 4.58. The van der Waals surface area contributed by atoms with E-state index in [0.717, 1.165) is 23.1 Å². The fourth-order valence-electron chi connectivity index (χ4n) is 4.43. The summed E-state index contributed by atoms with van der Waals surface area (Å²) < 4.78 is 56.0. The zero-order chi connectivity index (χ0) is 23.3. The number of fused-ring (bicyclic) bond motifs is 3. The number of ether oxygens (including phenoxy) is 1. The number of pyridine rings is 1. The Morgan fingerprint density at radius 2 is 1.76 bits per heavy atom. The van der Waals surface area contributed by atoms with E-state index in [9.17, 15) is 22.3 Å². The summed E-state index contributed by atoms with van der Waals surface area (Å²) in [4.78, 5) is 4.80. The Balaban J connectivity index is 1.62. The molecule has 6 nitrogen and oxygen atoms in total. The van der Waals surface area contributed by atoms with Gasteiger partial charge in [0.05, 0.1) is 22.4 Å². The highest BCUT2D eigenvalue weighted by Crippen LogP contribution is 2.47. The number of aromatic nitrogens is 2. The van der Waals surface area contributed by atoms with Gasteiger partial charge in [-0.2, -0.15) is 8.78 Å². The smallest absolute Gasteiger partial charge is 0.387 e. The van der Waals surface area contributed by atoms with Crippen molar-refractivity contribution in [2.45, 2.75) is 29.9 Å². The first kappa shape index (κ1) is 21.5. The number of hydrogen-bond donors (Lipinski definition) is 1. The number of hydrogen-bond acceptors (Lipinski definition) is 5. The topological polar surface area (TPSA) is 80.9 Å². The van der Waals surface area contributed by atoms with Gasteiger partial charge in [0.1, 0.15) is 11.4 Å². The summed E-state index contributed by atoms with van der Waals surface area (Å²) in [6.45, 7) is -2.96. The molecule has 0 bridgehead atoms. The second-order valence-electron chi connectivity index (χ2n) is 8.05. The molecule has 5 rings (SSSR count). The van der Waals surface area contributed by atoms with Gasteiger partial charge in [0.15, 0.2) is 9.84 Å². The molecule has 170 valence electrons. The number of aliphatic hydroxyl groups is 1. The molecule has 0 aliphatic heterocycles. The molecular formula is C24H20F2N2O4S. The summed E-state index contributed by atoms with van der Waals surface area (Å²) in [7, 11) is -3.30. The van der Waals surface area contributed by atoms with Crippen LogP contribution >= 0.6 is 0 Å². The molecule has 0 radical (unpaired) electrons. The fraction of sp³-hybridized carbons (Fsp3) is 0.208. The Morgan fingerprint density at radius 3 is 2.45 bits per heavy atom. The fourth-order valence-corrected chi connectivity index (χ4v) is 5.06. The molecule has 1 aliphatic carbocycles. The lowest BCUT2D eigenvalue weighted by Gasteiger charge is -2.17. The normalized spacial score (nSPS) is 18.1. The second-order valence-corrected chi connectivity index (χ2v) is 10.1. The Labute approximate surface area is 189 Å². The van der Waals surface area contributed by atoms with Crippen molar-refractivity contribution in [3.63, 3.8) is 0 Å². The molecule has 9 heteroatoms. The molecule has 0 spiro atoms. The monoisotopic (exact) mass is 470 g/mol. The number of halogens is 2. The number of imidazole rings is 1. The summed E-state index contributed by atoms with van der Waals surface area (Å²) in [5, 5.41) is 10.7. The van der Waals surface area contributed by atoms with E-state index in [1.165, 1.54) is 6.07 Å². The molecule has 4 aromatic rings. The first-order valence-corrected chi connectivity index (χ1v) is 12.2. The van der Waals surface area contributed by atoms with Gasteiger partial charge in [0, 0.05) is 23.9 Å². The van der Waals surface area contributed by atoms with Crippen LogP contribution in [0.2, 0.25) is 0 Å². The van der Waals surface area contributed by atoms with Crippen molar-refractivity contribution in [3.05, 3.63) is 83.8 Å². The van der Waals surface area contributed by atoms with E-state index in [1.807, 2.05) is 22.7 Å². The third-order valence-corrected chi connectivity index (χ3v) is 7.04. The number of alkyl halides is 2. The first-order valence-electron chi connectivity index (χ1n) is 10.3. The molecule has 0 saturated carbocycles. The quantitative estimate of drug-likeness (QED) is 0.462. The van der Waals surface area contributed by atoms with Crippen LogP contribution in [-0.2, 0) is 9.84 Å². The molecule has 0 unspecified atom stereocenters. The van der Waals surface area contributed by atoms with Crippen LogP contribution in [0.15, 0.2) is 71.8 Å². The lowest BCUT2D eigenvalue weighted by atomic mass is 9.95. The summed E-state index contributed by atoms with van der Waals surface area (Å²) in [6.07, 6.45) is 2.49. The highest BCUT2D eigenvalue weighted by atomic mass is 32.2. The maximum absolute atomic E-state index is 13.0. The van der Waals surface area contributed by atoms with E-state index in [-0.39, 0.29) is 16.6 Å². The maximum Gasteiger partial charge on any atom is 0.387 e. The van der Waals surface area contributed by atoms with Crippen molar-refractivity contribution in [2.75, 3.05) is 6.26 Å². The van der Waals surface area contributed by atoms with E-state index >= 15 is 0 Å². The molecule has 0 fully saturated rings. The number of rotatable bonds is 5. The molecule has 0 amide bonds. The molecule has 2 heterocycles. The maximum atomic E-state index is 13.0. The van der Waals surface area contributed by atoms with Gasteiger partial charge < -0.3 is 14.2 Å². The highest BCUT2D eigenvalue weighted by Gasteiger charge is 2.37. The molecule has 2 aromatic carbocycles. The standard InChI is InChI=1S/C24H20F2N2O4S/c1-33(30,31)16-9-6-14(7-10-16)15-8-11-21-27-22-19(29)12-18(23(22)28(21)13-15)17-4-2-3-5-20(17)32-24(25)26/h2-11,13,18-19,24,29H,12H2,1H3/t18-,19-/m0/s1. The summed E-state index contributed by atoms with van der Waals surface area (Å²) in [5.41, 5.74) is 4.03. The van der Waals surface area contributed by atoms with Gasteiger partial charge in [-0.05, 0) is 47.9 Å². The largest absolute Gasteiger partial charge is 0.435 e. The predicted molar refractivity (Wildman–Crippen MR) is 118 cm³/mol. The van der Waals surface area contributed by atoms with Crippen LogP contribution in [0.1, 0.15) is 35.4 Å². The van der Waals surface area contributed by atoms with Crippen LogP contribution in [0, 0.1) is 0 Å².